The number of benzene rings is 2. The van der Waals surface area contributed by atoms with Crippen molar-refractivity contribution in [3.8, 4) is 0 Å². The minimum Gasteiger partial charge on any atom is -0.286 e. The summed E-state index contributed by atoms with van der Waals surface area (Å²) in [6.45, 7) is 2.00. The number of thioether (sulfide) groups is 1. The molecular formula is C18H14BrNOS2. The molecule has 1 amide bonds. The van der Waals surface area contributed by atoms with Crippen LogP contribution >= 0.6 is 39.9 Å². The molecule has 0 bridgehead atoms. The van der Waals surface area contributed by atoms with E-state index in [9.17, 15) is 4.79 Å². The van der Waals surface area contributed by atoms with Crippen molar-refractivity contribution in [1.82, 2.24) is 4.90 Å². The maximum absolute atomic E-state index is 12.8. The number of carbonyl (C=O) groups is 1. The molecule has 1 aliphatic heterocycles. The molecule has 5 heteroatoms. The fourth-order valence-electron chi connectivity index (χ4n) is 2.44. The number of nitrogens with zero attached hydrogens (tertiary/aromatic N) is 1. The van der Waals surface area contributed by atoms with Crippen LogP contribution in [0.2, 0.25) is 0 Å². The van der Waals surface area contributed by atoms with Gasteiger partial charge in [0.05, 0.1) is 10.9 Å². The lowest BCUT2D eigenvalue weighted by Gasteiger charge is -2.23. The Morgan fingerprint density at radius 1 is 1.17 bits per heavy atom. The summed E-state index contributed by atoms with van der Waals surface area (Å²) in [6.07, 6.45) is 1.89. The van der Waals surface area contributed by atoms with Gasteiger partial charge in [0.2, 0.25) is 0 Å². The molecule has 1 unspecified atom stereocenters. The number of rotatable bonds is 3. The first-order valence-electron chi connectivity index (χ1n) is 7.14. The lowest BCUT2D eigenvalue weighted by Crippen LogP contribution is -2.30. The van der Waals surface area contributed by atoms with Gasteiger partial charge in [-0.25, -0.2) is 0 Å². The van der Waals surface area contributed by atoms with E-state index in [1.165, 1.54) is 11.8 Å². The Kier molecular flexibility index (Phi) is 4.99. The highest BCUT2D eigenvalue weighted by molar-refractivity contribution is 9.10. The van der Waals surface area contributed by atoms with E-state index in [4.69, 9.17) is 12.2 Å². The van der Waals surface area contributed by atoms with Gasteiger partial charge >= 0.3 is 0 Å². The van der Waals surface area contributed by atoms with E-state index in [-0.39, 0.29) is 11.9 Å². The summed E-state index contributed by atoms with van der Waals surface area (Å²) in [5, 5.41) is 0. The molecule has 3 rings (SSSR count). The Hall–Kier alpha value is -1.43. The number of hydrogen-bond donors (Lipinski definition) is 0. The first-order valence-corrected chi connectivity index (χ1v) is 9.15. The van der Waals surface area contributed by atoms with Crippen LogP contribution < -0.4 is 0 Å². The zero-order valence-electron chi connectivity index (χ0n) is 12.4. The number of halogens is 1. The van der Waals surface area contributed by atoms with Gasteiger partial charge in [-0.2, -0.15) is 0 Å². The molecule has 2 nitrogen and oxygen atoms in total. The van der Waals surface area contributed by atoms with Gasteiger partial charge in [0, 0.05) is 4.47 Å². The van der Waals surface area contributed by atoms with Crippen molar-refractivity contribution >= 4 is 56.2 Å². The highest BCUT2D eigenvalue weighted by Gasteiger charge is 2.35. The lowest BCUT2D eigenvalue weighted by atomic mass is 10.1. The van der Waals surface area contributed by atoms with Crippen molar-refractivity contribution in [2.45, 2.75) is 13.0 Å². The maximum Gasteiger partial charge on any atom is 0.266 e. The van der Waals surface area contributed by atoms with Crippen molar-refractivity contribution in [1.29, 1.82) is 0 Å². The van der Waals surface area contributed by atoms with Gasteiger partial charge < -0.3 is 0 Å². The Labute approximate surface area is 153 Å². The third kappa shape index (κ3) is 3.57. The van der Waals surface area contributed by atoms with Crippen molar-refractivity contribution in [2.75, 3.05) is 0 Å². The molecule has 1 fully saturated rings. The van der Waals surface area contributed by atoms with Gasteiger partial charge in [-0.3, -0.25) is 9.69 Å². The minimum absolute atomic E-state index is 0.0312. The Bertz CT molecular complexity index is 789. The fraction of sp³-hybridized carbons (Fsp3) is 0.111. The van der Waals surface area contributed by atoms with Crippen molar-refractivity contribution < 1.29 is 4.79 Å². The van der Waals surface area contributed by atoms with E-state index in [0.717, 1.165) is 15.6 Å². The summed E-state index contributed by atoms with van der Waals surface area (Å²) >= 11 is 10.2. The van der Waals surface area contributed by atoms with E-state index in [1.807, 2.05) is 67.6 Å². The zero-order chi connectivity index (χ0) is 16.4. The van der Waals surface area contributed by atoms with Crippen LogP contribution in [-0.2, 0) is 4.79 Å². The average Bonchev–Trinajstić information content (AvgIpc) is 2.81. The summed E-state index contributed by atoms with van der Waals surface area (Å²) in [5.74, 6) is -0.0312. The van der Waals surface area contributed by atoms with Crippen LogP contribution in [0.4, 0.5) is 0 Å². The van der Waals surface area contributed by atoms with Gasteiger partial charge in [0.15, 0.2) is 0 Å². The van der Waals surface area contributed by atoms with Gasteiger partial charge in [-0.1, -0.05) is 82.4 Å². The van der Waals surface area contributed by atoms with Crippen molar-refractivity contribution in [3.05, 3.63) is 75.1 Å². The molecule has 2 aromatic rings. The molecule has 2 aromatic carbocycles. The first-order chi connectivity index (χ1) is 11.1. The molecule has 1 aliphatic rings. The van der Waals surface area contributed by atoms with E-state index < -0.39 is 0 Å². The van der Waals surface area contributed by atoms with E-state index in [0.29, 0.717) is 9.23 Å². The second-order valence-electron chi connectivity index (χ2n) is 5.19. The average molecular weight is 404 g/mol. The summed E-state index contributed by atoms with van der Waals surface area (Å²) in [4.78, 5) is 15.1. The third-order valence-corrected chi connectivity index (χ3v) is 5.46. The minimum atomic E-state index is -0.0721. The van der Waals surface area contributed by atoms with Crippen molar-refractivity contribution in [2.24, 2.45) is 0 Å². The number of hydrogen-bond acceptors (Lipinski definition) is 3. The number of amides is 1. The molecule has 0 spiro atoms. The second-order valence-corrected chi connectivity index (χ2v) is 7.78. The van der Waals surface area contributed by atoms with Crippen LogP contribution in [-0.4, -0.2) is 15.1 Å². The molecule has 1 atom stereocenters. The Balaban J connectivity index is 1.88. The molecule has 1 saturated heterocycles. The molecule has 116 valence electrons. The van der Waals surface area contributed by atoms with Gasteiger partial charge in [0.1, 0.15) is 4.32 Å². The lowest BCUT2D eigenvalue weighted by molar-refractivity contribution is -0.123. The fourth-order valence-corrected chi connectivity index (χ4v) is 4.28. The Morgan fingerprint density at radius 2 is 1.91 bits per heavy atom. The normalized spacial score (nSPS) is 17.8. The predicted octanol–water partition coefficient (Wildman–Crippen LogP) is 5.41. The topological polar surface area (TPSA) is 20.3 Å². The summed E-state index contributed by atoms with van der Waals surface area (Å²) in [5.41, 5.74) is 2.06. The molecule has 1 heterocycles. The molecule has 0 radical (unpaired) electrons. The largest absolute Gasteiger partial charge is 0.286 e. The number of carbonyl (C=O) groups excluding carboxylic acids is 1. The van der Waals surface area contributed by atoms with Crippen LogP contribution in [0.5, 0.6) is 0 Å². The van der Waals surface area contributed by atoms with Crippen LogP contribution in [0, 0.1) is 0 Å². The molecule has 0 saturated carbocycles. The van der Waals surface area contributed by atoms with Crippen LogP contribution in [0.25, 0.3) is 6.08 Å². The monoisotopic (exact) mass is 403 g/mol. The molecule has 0 N–H and O–H groups in total. The molecule has 0 aliphatic carbocycles. The van der Waals surface area contributed by atoms with Crippen LogP contribution in [0.3, 0.4) is 0 Å². The van der Waals surface area contributed by atoms with E-state index >= 15 is 0 Å². The highest BCUT2D eigenvalue weighted by Crippen LogP contribution is 2.38. The third-order valence-electron chi connectivity index (χ3n) is 3.64. The van der Waals surface area contributed by atoms with Gasteiger partial charge in [-0.05, 0) is 36.3 Å². The Morgan fingerprint density at radius 3 is 2.61 bits per heavy atom. The molecule has 23 heavy (non-hydrogen) atoms. The second kappa shape index (κ2) is 6.99. The standard InChI is InChI=1S/C18H14BrNOS2/c1-12(14-7-3-2-4-8-14)20-17(21)16(23-18(20)22)11-13-6-5-9-15(19)10-13/h2-12H,1H3. The van der Waals surface area contributed by atoms with E-state index in [2.05, 4.69) is 15.9 Å². The van der Waals surface area contributed by atoms with Gasteiger partial charge in [-0.15, -0.1) is 0 Å². The first kappa shape index (κ1) is 16.4. The summed E-state index contributed by atoms with van der Waals surface area (Å²) in [7, 11) is 0. The molecule has 0 aromatic heterocycles. The van der Waals surface area contributed by atoms with Crippen LogP contribution in [0.1, 0.15) is 24.1 Å². The smallest absolute Gasteiger partial charge is 0.266 e. The summed E-state index contributed by atoms with van der Waals surface area (Å²) < 4.78 is 1.59. The van der Waals surface area contributed by atoms with Crippen molar-refractivity contribution in [3.63, 3.8) is 0 Å². The van der Waals surface area contributed by atoms with Crippen LogP contribution in [0.15, 0.2) is 64.0 Å². The SMILES string of the molecule is CC(c1ccccc1)N1C(=O)C(=Cc2cccc(Br)c2)SC1=S. The zero-order valence-corrected chi connectivity index (χ0v) is 15.6. The molecular weight excluding hydrogens is 390 g/mol. The quantitative estimate of drug-likeness (QED) is 0.504. The maximum atomic E-state index is 12.8. The highest BCUT2D eigenvalue weighted by atomic mass is 79.9. The summed E-state index contributed by atoms with van der Waals surface area (Å²) in [6, 6.07) is 17.7. The number of thiocarbonyl (C=S) groups is 1. The van der Waals surface area contributed by atoms with Gasteiger partial charge in [0.25, 0.3) is 5.91 Å². The van der Waals surface area contributed by atoms with E-state index in [1.54, 1.807) is 4.90 Å². The predicted molar refractivity (Wildman–Crippen MR) is 104 cm³/mol.